The Labute approximate surface area is 117 Å². The summed E-state index contributed by atoms with van der Waals surface area (Å²) in [6.45, 7) is 2.81. The number of rotatable bonds is 7. The molecule has 0 aliphatic carbocycles. The predicted molar refractivity (Wildman–Crippen MR) is 76.2 cm³/mol. The van der Waals surface area contributed by atoms with Gasteiger partial charge in [0.15, 0.2) is 11.5 Å². The Morgan fingerprint density at radius 3 is 2.85 bits per heavy atom. The first-order chi connectivity index (χ1) is 9.74. The van der Waals surface area contributed by atoms with E-state index in [0.717, 1.165) is 17.1 Å². The highest BCUT2D eigenvalue weighted by Crippen LogP contribution is 2.30. The minimum absolute atomic E-state index is 0.0344. The number of nitrogens with one attached hydrogen (secondary N) is 2. The van der Waals surface area contributed by atoms with E-state index in [1.54, 1.807) is 13.4 Å². The van der Waals surface area contributed by atoms with E-state index in [1.165, 1.54) is 0 Å². The second-order valence-electron chi connectivity index (χ2n) is 4.27. The first-order valence-electron chi connectivity index (χ1n) is 6.39. The lowest BCUT2D eigenvalue weighted by Gasteiger charge is -2.12. The maximum Gasteiger partial charge on any atom is 0.163 e. The minimum Gasteiger partial charge on any atom is -0.493 e. The third kappa shape index (κ3) is 3.42. The number of ether oxygens (including phenoxy) is 2. The first kappa shape index (κ1) is 14.2. The third-order valence-electron chi connectivity index (χ3n) is 2.91. The number of aromatic nitrogens is 2. The molecule has 0 saturated heterocycles. The van der Waals surface area contributed by atoms with E-state index in [0.29, 0.717) is 18.0 Å². The van der Waals surface area contributed by atoms with E-state index < -0.39 is 0 Å². The number of H-pyrrole nitrogens is 1. The van der Waals surface area contributed by atoms with Crippen molar-refractivity contribution >= 4 is 5.69 Å². The fourth-order valence-corrected chi connectivity index (χ4v) is 1.81. The standard InChI is InChI=1S/C14H19N3O3/c1-10-12(17-9-16-10)8-15-11-3-4-13(19-2)14(7-11)20-6-5-18/h3-4,7,9,15,18H,5-6,8H2,1-2H3,(H,16,17). The van der Waals surface area contributed by atoms with Gasteiger partial charge in [0.25, 0.3) is 0 Å². The number of benzene rings is 1. The fourth-order valence-electron chi connectivity index (χ4n) is 1.81. The summed E-state index contributed by atoms with van der Waals surface area (Å²) < 4.78 is 10.7. The van der Waals surface area contributed by atoms with Gasteiger partial charge in [0.2, 0.25) is 0 Å². The molecule has 2 aromatic rings. The van der Waals surface area contributed by atoms with Gasteiger partial charge in [-0.2, -0.15) is 0 Å². The van der Waals surface area contributed by atoms with Crippen LogP contribution in [0.4, 0.5) is 5.69 Å². The molecular weight excluding hydrogens is 258 g/mol. The van der Waals surface area contributed by atoms with Crippen molar-refractivity contribution in [1.82, 2.24) is 9.97 Å². The SMILES string of the molecule is COc1ccc(NCc2nc[nH]c2C)cc1OCCO. The van der Waals surface area contributed by atoms with Crippen LogP contribution < -0.4 is 14.8 Å². The quantitative estimate of drug-likeness (QED) is 0.718. The van der Waals surface area contributed by atoms with E-state index in [-0.39, 0.29) is 13.2 Å². The Morgan fingerprint density at radius 1 is 1.35 bits per heavy atom. The van der Waals surface area contributed by atoms with Gasteiger partial charge in [0.05, 0.1) is 32.3 Å². The van der Waals surface area contributed by atoms with Crippen LogP contribution in [0.1, 0.15) is 11.4 Å². The summed E-state index contributed by atoms with van der Waals surface area (Å²) in [6.07, 6.45) is 1.68. The van der Waals surface area contributed by atoms with Crippen molar-refractivity contribution in [2.75, 3.05) is 25.6 Å². The lowest BCUT2D eigenvalue weighted by Crippen LogP contribution is -2.05. The highest BCUT2D eigenvalue weighted by atomic mass is 16.5. The topological polar surface area (TPSA) is 79.4 Å². The summed E-state index contributed by atoms with van der Waals surface area (Å²) in [7, 11) is 1.58. The molecule has 1 aromatic carbocycles. The first-order valence-corrected chi connectivity index (χ1v) is 6.39. The molecule has 0 fully saturated rings. The summed E-state index contributed by atoms with van der Waals surface area (Å²) in [5, 5.41) is 12.1. The van der Waals surface area contributed by atoms with Gasteiger partial charge in [-0.05, 0) is 19.1 Å². The van der Waals surface area contributed by atoms with Crippen LogP contribution in [0.5, 0.6) is 11.5 Å². The van der Waals surface area contributed by atoms with Gasteiger partial charge in [-0.15, -0.1) is 0 Å². The maximum atomic E-state index is 8.83. The van der Waals surface area contributed by atoms with Crippen molar-refractivity contribution in [3.63, 3.8) is 0 Å². The van der Waals surface area contributed by atoms with Crippen molar-refractivity contribution in [3.8, 4) is 11.5 Å². The molecule has 0 saturated carbocycles. The smallest absolute Gasteiger partial charge is 0.163 e. The molecule has 0 bridgehead atoms. The summed E-state index contributed by atoms with van der Waals surface area (Å²) in [5.41, 5.74) is 2.92. The van der Waals surface area contributed by atoms with Crippen molar-refractivity contribution in [2.45, 2.75) is 13.5 Å². The van der Waals surface area contributed by atoms with E-state index in [2.05, 4.69) is 15.3 Å². The predicted octanol–water partition coefficient (Wildman–Crippen LogP) is 1.71. The number of imidazole rings is 1. The Morgan fingerprint density at radius 2 is 2.20 bits per heavy atom. The van der Waals surface area contributed by atoms with Gasteiger partial charge in [-0.3, -0.25) is 0 Å². The molecule has 0 unspecified atom stereocenters. The third-order valence-corrected chi connectivity index (χ3v) is 2.91. The van der Waals surface area contributed by atoms with Crippen LogP contribution >= 0.6 is 0 Å². The largest absolute Gasteiger partial charge is 0.493 e. The van der Waals surface area contributed by atoms with E-state index in [4.69, 9.17) is 14.6 Å². The second kappa shape index (κ2) is 6.81. The lowest BCUT2D eigenvalue weighted by molar-refractivity contribution is 0.196. The number of aliphatic hydroxyl groups is 1. The van der Waals surface area contributed by atoms with Crippen molar-refractivity contribution in [2.24, 2.45) is 0 Å². The molecule has 0 radical (unpaired) electrons. The number of anilines is 1. The number of hydrogen-bond donors (Lipinski definition) is 3. The number of aryl methyl sites for hydroxylation is 1. The van der Waals surface area contributed by atoms with Gasteiger partial charge < -0.3 is 24.9 Å². The number of aromatic amines is 1. The van der Waals surface area contributed by atoms with Crippen LogP contribution in [0.25, 0.3) is 0 Å². The van der Waals surface area contributed by atoms with Crippen LogP contribution in [-0.2, 0) is 6.54 Å². The molecule has 1 heterocycles. The molecule has 0 atom stereocenters. The van der Waals surface area contributed by atoms with E-state index in [9.17, 15) is 0 Å². The Kier molecular flexibility index (Phi) is 4.84. The molecule has 0 aliphatic heterocycles. The molecule has 1 aromatic heterocycles. The Balaban J connectivity index is 2.06. The fraction of sp³-hybridized carbons (Fsp3) is 0.357. The van der Waals surface area contributed by atoms with E-state index >= 15 is 0 Å². The molecule has 20 heavy (non-hydrogen) atoms. The molecule has 2 rings (SSSR count). The number of aliphatic hydroxyl groups excluding tert-OH is 1. The number of methoxy groups -OCH3 is 1. The molecule has 3 N–H and O–H groups in total. The van der Waals surface area contributed by atoms with Crippen LogP contribution in [-0.4, -0.2) is 35.4 Å². The number of hydrogen-bond acceptors (Lipinski definition) is 5. The van der Waals surface area contributed by atoms with Crippen molar-refractivity contribution in [3.05, 3.63) is 35.9 Å². The molecular formula is C14H19N3O3. The molecule has 0 spiro atoms. The second-order valence-corrected chi connectivity index (χ2v) is 4.27. The molecule has 108 valence electrons. The zero-order valence-corrected chi connectivity index (χ0v) is 11.6. The molecule has 0 amide bonds. The Hall–Kier alpha value is -2.21. The lowest BCUT2D eigenvalue weighted by atomic mass is 10.2. The van der Waals surface area contributed by atoms with Gasteiger partial charge in [0.1, 0.15) is 6.61 Å². The highest BCUT2D eigenvalue weighted by Gasteiger charge is 2.06. The van der Waals surface area contributed by atoms with Crippen LogP contribution in [0.3, 0.4) is 0 Å². The molecule has 6 heteroatoms. The summed E-state index contributed by atoms with van der Waals surface area (Å²) in [4.78, 5) is 7.27. The molecule has 0 aliphatic rings. The molecule has 6 nitrogen and oxygen atoms in total. The minimum atomic E-state index is -0.0344. The number of nitrogens with zero attached hydrogens (tertiary/aromatic N) is 1. The van der Waals surface area contributed by atoms with Crippen LogP contribution in [0, 0.1) is 6.92 Å². The van der Waals surface area contributed by atoms with Crippen molar-refractivity contribution in [1.29, 1.82) is 0 Å². The van der Waals surface area contributed by atoms with Gasteiger partial charge in [0, 0.05) is 17.4 Å². The van der Waals surface area contributed by atoms with Crippen LogP contribution in [0.15, 0.2) is 24.5 Å². The average molecular weight is 277 g/mol. The maximum absolute atomic E-state index is 8.83. The summed E-state index contributed by atoms with van der Waals surface area (Å²) in [6, 6.07) is 5.58. The normalized spacial score (nSPS) is 10.3. The van der Waals surface area contributed by atoms with Crippen molar-refractivity contribution < 1.29 is 14.6 Å². The zero-order chi connectivity index (χ0) is 14.4. The van der Waals surface area contributed by atoms with E-state index in [1.807, 2.05) is 25.1 Å². The van der Waals surface area contributed by atoms with Crippen LogP contribution in [0.2, 0.25) is 0 Å². The monoisotopic (exact) mass is 277 g/mol. The van der Waals surface area contributed by atoms with Gasteiger partial charge >= 0.3 is 0 Å². The van der Waals surface area contributed by atoms with Gasteiger partial charge in [-0.1, -0.05) is 0 Å². The van der Waals surface area contributed by atoms with Gasteiger partial charge in [-0.25, -0.2) is 4.98 Å². The summed E-state index contributed by atoms with van der Waals surface area (Å²) in [5.74, 6) is 1.24. The average Bonchev–Trinajstić information content (AvgIpc) is 2.88. The highest BCUT2D eigenvalue weighted by molar-refractivity contribution is 5.54. The summed E-state index contributed by atoms with van der Waals surface area (Å²) >= 11 is 0. The zero-order valence-electron chi connectivity index (χ0n) is 11.6. The Bertz CT molecular complexity index is 554.